The first-order valence-electron chi connectivity index (χ1n) is 7.57. The summed E-state index contributed by atoms with van der Waals surface area (Å²) in [7, 11) is 0. The van der Waals surface area contributed by atoms with Crippen LogP contribution in [0.1, 0.15) is 0 Å². The lowest BCUT2D eigenvalue weighted by molar-refractivity contribution is -0.576. The van der Waals surface area contributed by atoms with Crippen LogP contribution in [0.3, 0.4) is 0 Å². The molecule has 4 aromatic rings. The van der Waals surface area contributed by atoms with Crippen LogP contribution in [-0.4, -0.2) is 4.98 Å². The first-order valence-corrected chi connectivity index (χ1v) is 7.57. The molecule has 24 heavy (non-hydrogen) atoms. The van der Waals surface area contributed by atoms with Gasteiger partial charge in [0.15, 0.2) is 6.20 Å². The van der Waals surface area contributed by atoms with Gasteiger partial charge in [0.2, 0.25) is 5.52 Å². The van der Waals surface area contributed by atoms with Crippen molar-refractivity contribution in [2.75, 3.05) is 0 Å². The minimum atomic E-state index is -0.323. The Morgan fingerprint density at radius 3 is 2.42 bits per heavy atom. The minimum absolute atomic E-state index is 0.323. The third-order valence-corrected chi connectivity index (χ3v) is 4.04. The molecule has 4 rings (SSSR count). The summed E-state index contributed by atoms with van der Waals surface area (Å²) in [4.78, 5) is 4.39. The van der Waals surface area contributed by atoms with E-state index in [0.29, 0.717) is 16.8 Å². The number of halogens is 1. The van der Waals surface area contributed by atoms with Crippen molar-refractivity contribution in [2.45, 2.75) is 0 Å². The molecule has 2 heterocycles. The van der Waals surface area contributed by atoms with E-state index in [1.165, 1.54) is 12.3 Å². The Hall–Kier alpha value is -3.27. The molecule has 0 aliphatic heterocycles. The van der Waals surface area contributed by atoms with Crippen LogP contribution in [0.15, 0.2) is 79.1 Å². The van der Waals surface area contributed by atoms with Crippen LogP contribution in [0, 0.1) is 11.0 Å². The molecule has 2 aromatic heterocycles. The molecule has 4 heteroatoms. The molecule has 0 aliphatic rings. The Morgan fingerprint density at radius 1 is 0.792 bits per heavy atom. The Labute approximate surface area is 138 Å². The predicted octanol–water partition coefficient (Wildman–Crippen LogP) is 4.34. The van der Waals surface area contributed by atoms with Crippen LogP contribution in [-0.2, 0) is 0 Å². The van der Waals surface area contributed by atoms with Crippen molar-refractivity contribution in [3.8, 4) is 22.4 Å². The van der Waals surface area contributed by atoms with Gasteiger partial charge in [-0.3, -0.25) is 4.98 Å². The average molecular weight is 316 g/mol. The SMILES string of the molecule is [O-][n+]1ccc(-c2cccnc2-c2ccccc2F)c2ccccc21. The predicted molar refractivity (Wildman–Crippen MR) is 91.5 cm³/mol. The first kappa shape index (κ1) is 14.3. The second kappa shape index (κ2) is 5.74. The largest absolute Gasteiger partial charge is 0.618 e. The standard InChI is InChI=1S/C20H13FN2O/c21-18-9-3-1-7-17(18)20-16(8-5-12-22-20)14-11-13-23(24)19-10-4-2-6-15(14)19/h1-13H. The number of nitrogens with zero attached hydrogens (tertiary/aromatic N) is 2. The molecule has 0 saturated heterocycles. The summed E-state index contributed by atoms with van der Waals surface area (Å²) in [6.45, 7) is 0. The normalized spacial score (nSPS) is 10.9. The molecule has 2 aromatic carbocycles. The van der Waals surface area contributed by atoms with Crippen LogP contribution >= 0.6 is 0 Å². The van der Waals surface area contributed by atoms with Gasteiger partial charge in [0.1, 0.15) is 5.82 Å². The van der Waals surface area contributed by atoms with Gasteiger partial charge in [-0.2, -0.15) is 4.73 Å². The van der Waals surface area contributed by atoms with Crippen LogP contribution < -0.4 is 4.73 Å². The van der Waals surface area contributed by atoms with E-state index in [1.807, 2.05) is 30.3 Å². The number of benzene rings is 2. The van der Waals surface area contributed by atoms with E-state index >= 15 is 0 Å². The number of para-hydroxylation sites is 1. The molecule has 0 radical (unpaired) electrons. The lowest BCUT2D eigenvalue weighted by Gasteiger charge is -2.12. The molecular formula is C20H13FN2O. The molecule has 3 nitrogen and oxygen atoms in total. The maximum absolute atomic E-state index is 14.3. The van der Waals surface area contributed by atoms with Crippen molar-refractivity contribution in [3.63, 3.8) is 0 Å². The topological polar surface area (TPSA) is 39.8 Å². The highest BCUT2D eigenvalue weighted by atomic mass is 19.1. The highest BCUT2D eigenvalue weighted by molar-refractivity contribution is 5.96. The summed E-state index contributed by atoms with van der Waals surface area (Å²) < 4.78 is 15.1. The monoisotopic (exact) mass is 316 g/mol. The summed E-state index contributed by atoms with van der Waals surface area (Å²) >= 11 is 0. The Balaban J connectivity index is 2.03. The highest BCUT2D eigenvalue weighted by Crippen LogP contribution is 2.34. The summed E-state index contributed by atoms with van der Waals surface area (Å²) in [6, 6.07) is 19.4. The van der Waals surface area contributed by atoms with E-state index in [9.17, 15) is 9.60 Å². The van der Waals surface area contributed by atoms with E-state index in [0.717, 1.165) is 21.2 Å². The first-order chi connectivity index (χ1) is 11.8. The summed E-state index contributed by atoms with van der Waals surface area (Å²) in [6.07, 6.45) is 3.11. The van der Waals surface area contributed by atoms with Gasteiger partial charge < -0.3 is 5.21 Å². The fraction of sp³-hybridized carbons (Fsp3) is 0. The van der Waals surface area contributed by atoms with Crippen molar-refractivity contribution >= 4 is 10.9 Å². The van der Waals surface area contributed by atoms with Gasteiger partial charge >= 0.3 is 0 Å². The van der Waals surface area contributed by atoms with Gasteiger partial charge in [-0.1, -0.05) is 30.3 Å². The molecule has 0 N–H and O–H groups in total. The number of fused-ring (bicyclic) bond motifs is 1. The Kier molecular flexibility index (Phi) is 3.43. The fourth-order valence-corrected chi connectivity index (χ4v) is 2.93. The minimum Gasteiger partial charge on any atom is -0.618 e. The lowest BCUT2D eigenvalue weighted by atomic mass is 9.96. The van der Waals surface area contributed by atoms with Crippen molar-refractivity contribution < 1.29 is 9.12 Å². The van der Waals surface area contributed by atoms with E-state index in [1.54, 1.807) is 36.5 Å². The summed E-state index contributed by atoms with van der Waals surface area (Å²) in [5, 5.41) is 12.8. The molecule has 116 valence electrons. The van der Waals surface area contributed by atoms with Crippen LogP contribution in [0.25, 0.3) is 33.3 Å². The lowest BCUT2D eigenvalue weighted by Crippen LogP contribution is -2.26. The van der Waals surface area contributed by atoms with Gasteiger partial charge in [0.25, 0.3) is 0 Å². The summed E-state index contributed by atoms with van der Waals surface area (Å²) in [5.74, 6) is -0.323. The molecule has 0 amide bonds. The second-order valence-corrected chi connectivity index (χ2v) is 5.45. The fourth-order valence-electron chi connectivity index (χ4n) is 2.93. The van der Waals surface area contributed by atoms with Gasteiger partial charge in [0.05, 0.1) is 11.1 Å². The number of rotatable bonds is 2. The number of aromatic nitrogens is 2. The van der Waals surface area contributed by atoms with Crippen LogP contribution in [0.2, 0.25) is 0 Å². The van der Waals surface area contributed by atoms with Crippen molar-refractivity contribution in [1.29, 1.82) is 0 Å². The number of hydrogen-bond acceptors (Lipinski definition) is 2. The van der Waals surface area contributed by atoms with Gasteiger partial charge in [-0.25, -0.2) is 4.39 Å². The zero-order valence-corrected chi connectivity index (χ0v) is 12.7. The van der Waals surface area contributed by atoms with Crippen LogP contribution in [0.4, 0.5) is 4.39 Å². The average Bonchev–Trinajstić information content (AvgIpc) is 2.63. The quantitative estimate of drug-likeness (QED) is 0.407. The Morgan fingerprint density at radius 2 is 1.54 bits per heavy atom. The summed E-state index contributed by atoms with van der Waals surface area (Å²) in [5.41, 5.74) is 3.21. The van der Waals surface area contributed by atoms with E-state index in [4.69, 9.17) is 0 Å². The Bertz CT molecular complexity index is 1050. The van der Waals surface area contributed by atoms with Crippen LogP contribution in [0.5, 0.6) is 0 Å². The molecule has 0 unspecified atom stereocenters. The van der Waals surface area contributed by atoms with E-state index in [-0.39, 0.29) is 5.82 Å². The van der Waals surface area contributed by atoms with Crippen molar-refractivity contribution in [2.24, 2.45) is 0 Å². The highest BCUT2D eigenvalue weighted by Gasteiger charge is 2.16. The second-order valence-electron chi connectivity index (χ2n) is 5.45. The van der Waals surface area contributed by atoms with Crippen molar-refractivity contribution in [3.05, 3.63) is 90.1 Å². The maximum atomic E-state index is 14.3. The zero-order valence-electron chi connectivity index (χ0n) is 12.7. The van der Waals surface area contributed by atoms with Crippen molar-refractivity contribution in [1.82, 2.24) is 4.98 Å². The molecule has 0 aliphatic carbocycles. The smallest absolute Gasteiger partial charge is 0.224 e. The van der Waals surface area contributed by atoms with Gasteiger partial charge in [-0.15, -0.1) is 0 Å². The third-order valence-electron chi connectivity index (χ3n) is 4.04. The van der Waals surface area contributed by atoms with E-state index < -0.39 is 0 Å². The molecule has 0 bridgehead atoms. The number of pyridine rings is 2. The molecular weight excluding hydrogens is 303 g/mol. The third kappa shape index (κ3) is 2.29. The molecule has 0 atom stereocenters. The van der Waals surface area contributed by atoms with Gasteiger partial charge in [0, 0.05) is 35.0 Å². The molecule has 0 spiro atoms. The number of hydrogen-bond donors (Lipinski definition) is 0. The molecule has 0 saturated carbocycles. The van der Waals surface area contributed by atoms with Gasteiger partial charge in [-0.05, 0) is 24.3 Å². The maximum Gasteiger partial charge on any atom is 0.224 e. The molecule has 0 fully saturated rings. The zero-order chi connectivity index (χ0) is 16.5. The van der Waals surface area contributed by atoms with E-state index in [2.05, 4.69) is 4.98 Å².